The van der Waals surface area contributed by atoms with E-state index in [1.54, 1.807) is 24.3 Å². The van der Waals surface area contributed by atoms with Crippen LogP contribution in [0, 0.1) is 0 Å². The van der Waals surface area contributed by atoms with Crippen molar-refractivity contribution in [2.24, 2.45) is 0 Å². The number of esters is 2. The van der Waals surface area contributed by atoms with Crippen LogP contribution < -0.4 is 0 Å². The van der Waals surface area contributed by atoms with Crippen molar-refractivity contribution in [3.05, 3.63) is 35.9 Å². The number of rotatable bonds is 1. The van der Waals surface area contributed by atoms with E-state index in [2.05, 4.69) is 9.47 Å². The zero-order valence-corrected chi connectivity index (χ0v) is 9.02. The van der Waals surface area contributed by atoms with Gasteiger partial charge in [-0.1, -0.05) is 18.2 Å². The Morgan fingerprint density at radius 2 is 1.47 bits per heavy atom. The number of hydrogen-bond acceptors (Lipinski definition) is 4. The third-order valence-electron chi connectivity index (χ3n) is 1.48. The molecule has 15 heavy (non-hydrogen) atoms. The van der Waals surface area contributed by atoms with Crippen molar-refractivity contribution >= 4 is 11.9 Å². The largest absolute Gasteiger partial charge is 0.469 e. The number of methoxy groups -OCH3 is 2. The van der Waals surface area contributed by atoms with E-state index < -0.39 is 0 Å². The minimum absolute atomic E-state index is 0.245. The van der Waals surface area contributed by atoms with Gasteiger partial charge in [0.1, 0.15) is 0 Å². The molecule has 0 heterocycles. The molecule has 0 aliphatic rings. The summed E-state index contributed by atoms with van der Waals surface area (Å²) in [5, 5.41) is 0. The van der Waals surface area contributed by atoms with Gasteiger partial charge in [0.2, 0.25) is 0 Å². The molecular weight excluding hydrogens is 196 g/mol. The fourth-order valence-electron chi connectivity index (χ4n) is 0.692. The molecule has 0 aliphatic carbocycles. The van der Waals surface area contributed by atoms with Gasteiger partial charge in [0.25, 0.3) is 0 Å². The van der Waals surface area contributed by atoms with E-state index in [4.69, 9.17) is 0 Å². The molecule has 1 aromatic carbocycles. The van der Waals surface area contributed by atoms with Crippen LogP contribution in [-0.2, 0) is 14.3 Å². The Hall–Kier alpha value is -1.84. The lowest BCUT2D eigenvalue weighted by molar-refractivity contribution is -0.137. The molecule has 0 saturated heterocycles. The highest BCUT2D eigenvalue weighted by Crippen LogP contribution is 1.98. The Kier molecular flexibility index (Phi) is 6.63. The van der Waals surface area contributed by atoms with E-state index in [9.17, 15) is 9.59 Å². The minimum atomic E-state index is -0.291. The van der Waals surface area contributed by atoms with Crippen molar-refractivity contribution in [1.29, 1.82) is 0 Å². The van der Waals surface area contributed by atoms with Crippen LogP contribution in [0.1, 0.15) is 17.3 Å². The Bertz CT molecular complexity index is 306. The standard InChI is InChI=1S/C8H8O2.C3H6O2/c1-10-8(9)7-5-3-2-4-6-7;1-3(4)5-2/h2-6H,1H3;1-2H3. The zero-order chi connectivity index (χ0) is 11.7. The monoisotopic (exact) mass is 210 g/mol. The smallest absolute Gasteiger partial charge is 0.337 e. The van der Waals surface area contributed by atoms with Gasteiger partial charge in [-0.05, 0) is 12.1 Å². The maximum absolute atomic E-state index is 10.8. The summed E-state index contributed by atoms with van der Waals surface area (Å²) in [6.45, 7) is 1.36. The van der Waals surface area contributed by atoms with Crippen molar-refractivity contribution in [3.63, 3.8) is 0 Å². The topological polar surface area (TPSA) is 52.6 Å². The van der Waals surface area contributed by atoms with Gasteiger partial charge in [0.15, 0.2) is 0 Å². The minimum Gasteiger partial charge on any atom is -0.469 e. The zero-order valence-electron chi connectivity index (χ0n) is 9.02. The number of benzene rings is 1. The summed E-state index contributed by atoms with van der Waals surface area (Å²) in [5.74, 6) is -0.536. The van der Waals surface area contributed by atoms with E-state index in [1.165, 1.54) is 21.1 Å². The van der Waals surface area contributed by atoms with Gasteiger partial charge in [0.05, 0.1) is 19.8 Å². The van der Waals surface area contributed by atoms with Crippen LogP contribution in [-0.4, -0.2) is 26.2 Å². The van der Waals surface area contributed by atoms with Crippen LogP contribution in [0.3, 0.4) is 0 Å². The maximum atomic E-state index is 10.8. The fraction of sp³-hybridized carbons (Fsp3) is 0.273. The average molecular weight is 210 g/mol. The van der Waals surface area contributed by atoms with E-state index in [-0.39, 0.29) is 11.9 Å². The molecule has 0 radical (unpaired) electrons. The van der Waals surface area contributed by atoms with Crippen molar-refractivity contribution in [3.8, 4) is 0 Å². The van der Waals surface area contributed by atoms with Crippen molar-refractivity contribution in [1.82, 2.24) is 0 Å². The Morgan fingerprint density at radius 3 is 1.80 bits per heavy atom. The van der Waals surface area contributed by atoms with Gasteiger partial charge < -0.3 is 9.47 Å². The molecule has 0 fully saturated rings. The van der Waals surface area contributed by atoms with E-state index >= 15 is 0 Å². The highest BCUT2D eigenvalue weighted by atomic mass is 16.5. The Balaban J connectivity index is 0.000000336. The predicted octanol–water partition coefficient (Wildman–Crippen LogP) is 1.65. The van der Waals surface area contributed by atoms with Gasteiger partial charge in [-0.15, -0.1) is 0 Å². The van der Waals surface area contributed by atoms with Gasteiger partial charge >= 0.3 is 11.9 Å². The molecule has 82 valence electrons. The first-order valence-electron chi connectivity index (χ1n) is 4.29. The first-order valence-corrected chi connectivity index (χ1v) is 4.29. The molecular formula is C11H14O4. The summed E-state index contributed by atoms with van der Waals surface area (Å²) in [5.41, 5.74) is 0.588. The third kappa shape index (κ3) is 6.26. The number of hydrogen-bond donors (Lipinski definition) is 0. The summed E-state index contributed by atoms with van der Waals surface area (Å²) in [4.78, 5) is 20.4. The van der Waals surface area contributed by atoms with Crippen LogP contribution in [0.4, 0.5) is 0 Å². The highest BCUT2D eigenvalue weighted by Gasteiger charge is 2.00. The van der Waals surface area contributed by atoms with E-state index in [1.807, 2.05) is 6.07 Å². The number of carbonyl (C=O) groups excluding carboxylic acids is 2. The summed E-state index contributed by atoms with van der Waals surface area (Å²) < 4.78 is 8.61. The SMILES string of the molecule is COC(=O)c1ccccc1.COC(C)=O. The molecule has 0 atom stereocenters. The number of ether oxygens (including phenoxy) is 2. The van der Waals surface area contributed by atoms with Crippen molar-refractivity contribution in [2.75, 3.05) is 14.2 Å². The summed E-state index contributed by atoms with van der Waals surface area (Å²) >= 11 is 0. The maximum Gasteiger partial charge on any atom is 0.337 e. The molecule has 0 saturated carbocycles. The first-order chi connectivity index (χ1) is 7.11. The predicted molar refractivity (Wildman–Crippen MR) is 55.5 cm³/mol. The van der Waals surface area contributed by atoms with E-state index in [0.717, 1.165) is 0 Å². The molecule has 1 rings (SSSR count). The number of carbonyl (C=O) groups is 2. The molecule has 0 bridgehead atoms. The summed E-state index contributed by atoms with van der Waals surface area (Å²) in [6, 6.07) is 8.88. The van der Waals surface area contributed by atoms with Gasteiger partial charge in [-0.3, -0.25) is 4.79 Å². The molecule has 0 spiro atoms. The van der Waals surface area contributed by atoms with Crippen molar-refractivity contribution < 1.29 is 19.1 Å². The van der Waals surface area contributed by atoms with Crippen LogP contribution in [0.25, 0.3) is 0 Å². The second kappa shape index (κ2) is 7.55. The molecule has 4 heteroatoms. The average Bonchev–Trinajstić information content (AvgIpc) is 2.30. The second-order valence-electron chi connectivity index (χ2n) is 2.55. The van der Waals surface area contributed by atoms with Crippen LogP contribution >= 0.6 is 0 Å². The lowest BCUT2D eigenvalue weighted by Crippen LogP contribution is -1.99. The molecule has 1 aromatic rings. The molecule has 0 N–H and O–H groups in total. The fourth-order valence-corrected chi connectivity index (χ4v) is 0.692. The normalized spacial score (nSPS) is 8.20. The highest BCUT2D eigenvalue weighted by molar-refractivity contribution is 5.89. The van der Waals surface area contributed by atoms with Gasteiger partial charge in [-0.25, -0.2) is 4.79 Å². The second-order valence-corrected chi connectivity index (χ2v) is 2.55. The summed E-state index contributed by atoms with van der Waals surface area (Å²) in [6.07, 6.45) is 0. The molecule has 4 nitrogen and oxygen atoms in total. The molecule has 0 aromatic heterocycles. The van der Waals surface area contributed by atoms with Crippen LogP contribution in [0.2, 0.25) is 0 Å². The Labute approximate surface area is 88.8 Å². The summed E-state index contributed by atoms with van der Waals surface area (Å²) in [7, 11) is 2.72. The van der Waals surface area contributed by atoms with Crippen LogP contribution in [0.5, 0.6) is 0 Å². The lowest BCUT2D eigenvalue weighted by Gasteiger charge is -1.95. The molecule has 0 amide bonds. The van der Waals surface area contributed by atoms with Crippen LogP contribution in [0.15, 0.2) is 30.3 Å². The quantitative estimate of drug-likeness (QED) is 0.661. The molecule has 0 aliphatic heterocycles. The van der Waals surface area contributed by atoms with Gasteiger partial charge in [0, 0.05) is 6.92 Å². The third-order valence-corrected chi connectivity index (χ3v) is 1.48. The molecule has 0 unspecified atom stereocenters. The van der Waals surface area contributed by atoms with E-state index in [0.29, 0.717) is 5.56 Å². The van der Waals surface area contributed by atoms with Crippen molar-refractivity contribution in [2.45, 2.75) is 6.92 Å². The van der Waals surface area contributed by atoms with Gasteiger partial charge in [-0.2, -0.15) is 0 Å². The first kappa shape index (κ1) is 13.2. The Morgan fingerprint density at radius 1 is 1.00 bits per heavy atom. The lowest BCUT2D eigenvalue weighted by atomic mass is 10.2.